The normalized spacial score (nSPS) is 35.5. The third kappa shape index (κ3) is 1.96. The van der Waals surface area contributed by atoms with Crippen LogP contribution < -0.4 is 0 Å². The predicted octanol–water partition coefficient (Wildman–Crippen LogP) is 4.34. The van der Waals surface area contributed by atoms with Crippen molar-refractivity contribution < 1.29 is 4.79 Å². The van der Waals surface area contributed by atoms with Gasteiger partial charge in [0.25, 0.3) is 0 Å². The maximum absolute atomic E-state index is 10.7. The zero-order valence-corrected chi connectivity index (χ0v) is 11.2. The Bertz CT molecular complexity index is 493. The van der Waals surface area contributed by atoms with Gasteiger partial charge in [-0.05, 0) is 61.3 Å². The molecule has 0 aliphatic heterocycles. The van der Waals surface area contributed by atoms with Crippen molar-refractivity contribution in [2.45, 2.75) is 32.1 Å². The molecular weight excluding hydrogens is 232 g/mol. The lowest BCUT2D eigenvalue weighted by atomic mass is 9.54. The summed E-state index contributed by atoms with van der Waals surface area (Å²) in [6.07, 6.45) is 10.6. The van der Waals surface area contributed by atoms with Crippen LogP contribution in [0.5, 0.6) is 0 Å². The number of aldehydes is 1. The standard InChI is InChI=1S/C18H20O/c19-11-13-3-1-12(2-4-13)10-18-16-6-14-5-15(8-16)9-17(18)7-14/h1-4,10-11,14-17H,5-9H2. The van der Waals surface area contributed by atoms with Crippen molar-refractivity contribution in [3.8, 4) is 0 Å². The van der Waals surface area contributed by atoms with Crippen LogP contribution in [0.25, 0.3) is 6.08 Å². The van der Waals surface area contributed by atoms with E-state index in [1.165, 1.54) is 37.7 Å². The molecule has 4 fully saturated rings. The fourth-order valence-electron chi connectivity index (χ4n) is 4.83. The molecule has 0 saturated heterocycles. The smallest absolute Gasteiger partial charge is 0.150 e. The highest BCUT2D eigenvalue weighted by Crippen LogP contribution is 2.56. The Morgan fingerprint density at radius 1 is 0.789 bits per heavy atom. The molecule has 0 spiro atoms. The van der Waals surface area contributed by atoms with Crippen molar-refractivity contribution in [1.29, 1.82) is 0 Å². The summed E-state index contributed by atoms with van der Waals surface area (Å²) in [4.78, 5) is 10.7. The lowest BCUT2D eigenvalue weighted by Crippen LogP contribution is -2.40. The molecule has 1 aromatic rings. The Kier molecular flexibility index (Phi) is 2.61. The first-order chi connectivity index (χ1) is 9.31. The molecule has 0 aromatic heterocycles. The summed E-state index contributed by atoms with van der Waals surface area (Å²) in [5, 5.41) is 0. The lowest BCUT2D eigenvalue weighted by Gasteiger charge is -2.51. The number of carbonyl (C=O) groups excluding carboxylic acids is 1. The average molecular weight is 252 g/mol. The number of benzene rings is 1. The van der Waals surface area contributed by atoms with Gasteiger partial charge in [0.15, 0.2) is 0 Å². The fourth-order valence-corrected chi connectivity index (χ4v) is 4.83. The maximum Gasteiger partial charge on any atom is 0.150 e. The summed E-state index contributed by atoms with van der Waals surface area (Å²) in [5.74, 6) is 3.78. The Hall–Kier alpha value is -1.37. The van der Waals surface area contributed by atoms with Crippen molar-refractivity contribution in [1.82, 2.24) is 0 Å². The zero-order chi connectivity index (χ0) is 12.8. The topological polar surface area (TPSA) is 17.1 Å². The second-order valence-electron chi connectivity index (χ2n) is 6.73. The molecular formula is C18H20O. The summed E-state index contributed by atoms with van der Waals surface area (Å²) in [5.41, 5.74) is 3.76. The van der Waals surface area contributed by atoms with E-state index in [1.54, 1.807) is 5.57 Å². The molecule has 4 aliphatic carbocycles. The molecule has 1 heteroatoms. The van der Waals surface area contributed by atoms with Crippen LogP contribution >= 0.6 is 0 Å². The van der Waals surface area contributed by atoms with Crippen LogP contribution in [-0.4, -0.2) is 6.29 Å². The minimum Gasteiger partial charge on any atom is -0.298 e. The summed E-state index contributed by atoms with van der Waals surface area (Å²) < 4.78 is 0. The highest BCUT2D eigenvalue weighted by atomic mass is 16.1. The predicted molar refractivity (Wildman–Crippen MR) is 76.9 cm³/mol. The summed E-state index contributed by atoms with van der Waals surface area (Å²) >= 11 is 0. The third-order valence-electron chi connectivity index (χ3n) is 5.49. The van der Waals surface area contributed by atoms with Crippen LogP contribution in [0.2, 0.25) is 0 Å². The first-order valence-electron chi connectivity index (χ1n) is 7.58. The minimum absolute atomic E-state index is 0.771. The summed E-state index contributed by atoms with van der Waals surface area (Å²) in [7, 11) is 0. The van der Waals surface area contributed by atoms with Crippen molar-refractivity contribution in [3.05, 3.63) is 41.0 Å². The van der Waals surface area contributed by atoms with E-state index in [2.05, 4.69) is 18.2 Å². The van der Waals surface area contributed by atoms with Crippen molar-refractivity contribution >= 4 is 12.4 Å². The molecule has 0 amide bonds. The maximum atomic E-state index is 10.7. The first kappa shape index (κ1) is 11.5. The number of hydrogen-bond acceptors (Lipinski definition) is 1. The van der Waals surface area contributed by atoms with E-state index >= 15 is 0 Å². The van der Waals surface area contributed by atoms with Crippen LogP contribution in [-0.2, 0) is 0 Å². The van der Waals surface area contributed by atoms with E-state index in [4.69, 9.17) is 0 Å². The molecule has 98 valence electrons. The highest BCUT2D eigenvalue weighted by molar-refractivity contribution is 5.75. The van der Waals surface area contributed by atoms with Gasteiger partial charge in [-0.25, -0.2) is 0 Å². The molecule has 1 nitrogen and oxygen atoms in total. The molecule has 0 radical (unpaired) electrons. The van der Waals surface area contributed by atoms with Gasteiger partial charge < -0.3 is 0 Å². The van der Waals surface area contributed by atoms with Crippen LogP contribution in [0.4, 0.5) is 0 Å². The Morgan fingerprint density at radius 3 is 1.84 bits per heavy atom. The number of carbonyl (C=O) groups is 1. The van der Waals surface area contributed by atoms with Gasteiger partial charge in [-0.3, -0.25) is 4.79 Å². The molecule has 5 rings (SSSR count). The van der Waals surface area contributed by atoms with Gasteiger partial charge in [0, 0.05) is 5.56 Å². The molecule has 4 saturated carbocycles. The molecule has 4 bridgehead atoms. The Labute approximate surface area is 114 Å². The largest absolute Gasteiger partial charge is 0.298 e. The van der Waals surface area contributed by atoms with Crippen LogP contribution in [0.3, 0.4) is 0 Å². The molecule has 0 heterocycles. The van der Waals surface area contributed by atoms with Crippen molar-refractivity contribution in [3.63, 3.8) is 0 Å². The summed E-state index contributed by atoms with van der Waals surface area (Å²) in [6, 6.07) is 8.02. The Balaban J connectivity index is 1.64. The van der Waals surface area contributed by atoms with Crippen LogP contribution in [0.1, 0.15) is 48.0 Å². The van der Waals surface area contributed by atoms with Crippen molar-refractivity contribution in [2.75, 3.05) is 0 Å². The lowest BCUT2D eigenvalue weighted by molar-refractivity contribution is 0.0710. The monoisotopic (exact) mass is 252 g/mol. The van der Waals surface area contributed by atoms with Crippen LogP contribution in [0, 0.1) is 23.7 Å². The Morgan fingerprint density at radius 2 is 1.32 bits per heavy atom. The third-order valence-corrected chi connectivity index (χ3v) is 5.49. The van der Waals surface area contributed by atoms with E-state index in [1.807, 2.05) is 12.1 Å². The van der Waals surface area contributed by atoms with Gasteiger partial charge in [0.05, 0.1) is 0 Å². The molecule has 4 aliphatic rings. The minimum atomic E-state index is 0.771. The van der Waals surface area contributed by atoms with E-state index in [-0.39, 0.29) is 0 Å². The van der Waals surface area contributed by atoms with Gasteiger partial charge in [0.1, 0.15) is 6.29 Å². The van der Waals surface area contributed by atoms with Gasteiger partial charge in [-0.15, -0.1) is 0 Å². The van der Waals surface area contributed by atoms with E-state index < -0.39 is 0 Å². The number of rotatable bonds is 2. The number of hydrogen-bond donors (Lipinski definition) is 0. The molecule has 0 unspecified atom stereocenters. The van der Waals surface area contributed by atoms with Gasteiger partial charge >= 0.3 is 0 Å². The highest BCUT2D eigenvalue weighted by Gasteiger charge is 2.44. The molecule has 0 atom stereocenters. The van der Waals surface area contributed by atoms with E-state index in [0.717, 1.165) is 35.5 Å². The molecule has 0 N–H and O–H groups in total. The fraction of sp³-hybridized carbons (Fsp3) is 0.500. The first-order valence-corrected chi connectivity index (χ1v) is 7.58. The van der Waals surface area contributed by atoms with Crippen molar-refractivity contribution in [2.24, 2.45) is 23.7 Å². The molecule has 1 aromatic carbocycles. The second kappa shape index (κ2) is 4.33. The quantitative estimate of drug-likeness (QED) is 0.716. The zero-order valence-electron chi connectivity index (χ0n) is 11.2. The number of allylic oxidation sites excluding steroid dienone is 1. The van der Waals surface area contributed by atoms with Gasteiger partial charge in [-0.1, -0.05) is 35.9 Å². The SMILES string of the molecule is O=Cc1ccc(C=C2C3CC4CC(C3)CC2C4)cc1. The van der Waals surface area contributed by atoms with E-state index in [0.29, 0.717) is 0 Å². The average Bonchev–Trinajstić information content (AvgIpc) is 2.43. The van der Waals surface area contributed by atoms with Gasteiger partial charge in [-0.2, -0.15) is 0 Å². The second-order valence-corrected chi connectivity index (χ2v) is 6.73. The van der Waals surface area contributed by atoms with Gasteiger partial charge in [0.2, 0.25) is 0 Å². The van der Waals surface area contributed by atoms with E-state index in [9.17, 15) is 4.79 Å². The molecule has 19 heavy (non-hydrogen) atoms. The van der Waals surface area contributed by atoms with Crippen LogP contribution in [0.15, 0.2) is 29.8 Å². The summed E-state index contributed by atoms with van der Waals surface area (Å²) in [6.45, 7) is 0.